The number of hydrogen-bond acceptors (Lipinski definition) is 4. The lowest BCUT2D eigenvalue weighted by Crippen LogP contribution is -2.44. The lowest BCUT2D eigenvalue weighted by molar-refractivity contribution is -0.116. The lowest BCUT2D eigenvalue weighted by Gasteiger charge is -2.26. The van der Waals surface area contributed by atoms with E-state index in [2.05, 4.69) is 15.5 Å². The van der Waals surface area contributed by atoms with Crippen LogP contribution in [0.3, 0.4) is 0 Å². The van der Waals surface area contributed by atoms with Crippen LogP contribution in [0.1, 0.15) is 12.0 Å². The molecule has 0 atom stereocenters. The molecule has 5 heteroatoms. The van der Waals surface area contributed by atoms with Crippen molar-refractivity contribution in [3.8, 4) is 0 Å². The minimum atomic E-state index is 0.120. The van der Waals surface area contributed by atoms with Crippen LogP contribution in [-0.2, 0) is 4.79 Å². The monoisotopic (exact) mass is 253 g/mol. The van der Waals surface area contributed by atoms with E-state index < -0.39 is 0 Å². The highest BCUT2D eigenvalue weighted by molar-refractivity contribution is 7.14. The average molecular weight is 253 g/mol. The molecule has 1 aromatic rings. The van der Waals surface area contributed by atoms with Gasteiger partial charge in [0.05, 0.1) is 5.00 Å². The molecule has 4 nitrogen and oxygen atoms in total. The Labute approximate surface area is 106 Å². The van der Waals surface area contributed by atoms with Crippen molar-refractivity contribution in [1.82, 2.24) is 10.2 Å². The Morgan fingerprint density at radius 2 is 2.29 bits per heavy atom. The molecule has 0 unspecified atom stereocenters. The molecular weight excluding hydrogens is 234 g/mol. The highest BCUT2D eigenvalue weighted by Crippen LogP contribution is 2.21. The number of nitrogens with one attached hydrogen (secondary N) is 2. The number of carbonyl (C=O) groups is 1. The van der Waals surface area contributed by atoms with Crippen LogP contribution < -0.4 is 10.6 Å². The fourth-order valence-corrected chi connectivity index (χ4v) is 2.72. The molecule has 1 saturated heterocycles. The molecule has 1 aliphatic heterocycles. The van der Waals surface area contributed by atoms with Crippen molar-refractivity contribution in [3.05, 3.63) is 17.0 Å². The number of rotatable bonds is 4. The SMILES string of the molecule is Cc1ccsc1NC(=O)CCN1CCNCC1. The molecule has 2 heterocycles. The summed E-state index contributed by atoms with van der Waals surface area (Å²) in [5.74, 6) is 0.120. The van der Waals surface area contributed by atoms with Gasteiger partial charge in [0.1, 0.15) is 0 Å². The maximum Gasteiger partial charge on any atom is 0.226 e. The van der Waals surface area contributed by atoms with Crippen LogP contribution in [0.15, 0.2) is 11.4 Å². The molecule has 94 valence electrons. The quantitative estimate of drug-likeness (QED) is 0.850. The van der Waals surface area contributed by atoms with Crippen LogP contribution in [0, 0.1) is 6.92 Å². The van der Waals surface area contributed by atoms with Crippen LogP contribution in [0.2, 0.25) is 0 Å². The Morgan fingerprint density at radius 3 is 2.94 bits per heavy atom. The molecule has 1 amide bonds. The Kier molecular flexibility index (Phi) is 4.53. The molecule has 1 aliphatic rings. The van der Waals surface area contributed by atoms with Gasteiger partial charge in [-0.25, -0.2) is 0 Å². The van der Waals surface area contributed by atoms with Gasteiger partial charge in [0.2, 0.25) is 5.91 Å². The summed E-state index contributed by atoms with van der Waals surface area (Å²) in [5, 5.41) is 9.26. The first-order valence-electron chi connectivity index (χ1n) is 6.03. The number of thiophene rings is 1. The summed E-state index contributed by atoms with van der Waals surface area (Å²) in [7, 11) is 0. The smallest absolute Gasteiger partial charge is 0.226 e. The first-order valence-corrected chi connectivity index (χ1v) is 6.90. The van der Waals surface area contributed by atoms with Gasteiger partial charge in [0.15, 0.2) is 0 Å². The second-order valence-corrected chi connectivity index (χ2v) is 5.24. The van der Waals surface area contributed by atoms with E-state index in [1.807, 2.05) is 18.4 Å². The first-order chi connectivity index (χ1) is 8.25. The number of anilines is 1. The van der Waals surface area contributed by atoms with Gasteiger partial charge in [-0.1, -0.05) is 0 Å². The Hall–Kier alpha value is -0.910. The third-order valence-electron chi connectivity index (χ3n) is 2.98. The second-order valence-electron chi connectivity index (χ2n) is 4.32. The largest absolute Gasteiger partial charge is 0.317 e. The highest BCUT2D eigenvalue weighted by Gasteiger charge is 2.12. The van der Waals surface area contributed by atoms with E-state index in [0.717, 1.165) is 43.3 Å². The number of nitrogens with zero attached hydrogens (tertiary/aromatic N) is 1. The van der Waals surface area contributed by atoms with E-state index in [-0.39, 0.29) is 5.91 Å². The average Bonchev–Trinajstić information content (AvgIpc) is 2.74. The van der Waals surface area contributed by atoms with Gasteiger partial charge in [0.25, 0.3) is 0 Å². The number of amides is 1. The third-order valence-corrected chi connectivity index (χ3v) is 3.91. The van der Waals surface area contributed by atoms with Crippen molar-refractivity contribution in [1.29, 1.82) is 0 Å². The van der Waals surface area contributed by atoms with Crippen molar-refractivity contribution < 1.29 is 4.79 Å². The van der Waals surface area contributed by atoms with Crippen LogP contribution >= 0.6 is 11.3 Å². The van der Waals surface area contributed by atoms with Gasteiger partial charge >= 0.3 is 0 Å². The zero-order valence-corrected chi connectivity index (χ0v) is 11.0. The number of hydrogen-bond donors (Lipinski definition) is 2. The Balaban J connectivity index is 1.72. The Morgan fingerprint density at radius 1 is 1.53 bits per heavy atom. The molecule has 1 aromatic heterocycles. The topological polar surface area (TPSA) is 44.4 Å². The van der Waals surface area contributed by atoms with Crippen molar-refractivity contribution in [2.45, 2.75) is 13.3 Å². The van der Waals surface area contributed by atoms with Gasteiger partial charge in [0, 0.05) is 39.1 Å². The lowest BCUT2D eigenvalue weighted by atomic mass is 10.3. The van der Waals surface area contributed by atoms with Gasteiger partial charge in [-0.2, -0.15) is 0 Å². The van der Waals surface area contributed by atoms with E-state index in [1.165, 1.54) is 0 Å². The molecule has 17 heavy (non-hydrogen) atoms. The van der Waals surface area contributed by atoms with E-state index in [0.29, 0.717) is 6.42 Å². The minimum Gasteiger partial charge on any atom is -0.317 e. The van der Waals surface area contributed by atoms with E-state index in [4.69, 9.17) is 0 Å². The number of carbonyl (C=O) groups excluding carboxylic acids is 1. The molecule has 0 spiro atoms. The summed E-state index contributed by atoms with van der Waals surface area (Å²) in [6.45, 7) is 7.04. The fraction of sp³-hybridized carbons (Fsp3) is 0.583. The van der Waals surface area contributed by atoms with Crippen molar-refractivity contribution >= 4 is 22.2 Å². The standard InChI is InChI=1S/C12H19N3OS/c1-10-3-9-17-12(10)14-11(16)2-6-15-7-4-13-5-8-15/h3,9,13H,2,4-8H2,1H3,(H,14,16). The number of piperazine rings is 1. The molecular formula is C12H19N3OS. The molecule has 0 aliphatic carbocycles. The predicted octanol–water partition coefficient (Wildman–Crippen LogP) is 1.29. The second kappa shape index (κ2) is 6.14. The van der Waals surface area contributed by atoms with E-state index in [9.17, 15) is 4.79 Å². The summed E-state index contributed by atoms with van der Waals surface area (Å²) in [4.78, 5) is 14.1. The van der Waals surface area contributed by atoms with Crippen LogP contribution in [0.5, 0.6) is 0 Å². The van der Waals surface area contributed by atoms with Gasteiger partial charge in [-0.3, -0.25) is 4.79 Å². The summed E-state index contributed by atoms with van der Waals surface area (Å²) < 4.78 is 0. The van der Waals surface area contributed by atoms with Crippen LogP contribution in [0.25, 0.3) is 0 Å². The summed E-state index contributed by atoms with van der Waals surface area (Å²) in [5.41, 5.74) is 1.14. The zero-order chi connectivity index (χ0) is 12.1. The summed E-state index contributed by atoms with van der Waals surface area (Å²) in [6.07, 6.45) is 0.581. The molecule has 0 aromatic carbocycles. The van der Waals surface area contributed by atoms with Gasteiger partial charge < -0.3 is 15.5 Å². The maximum absolute atomic E-state index is 11.8. The van der Waals surface area contributed by atoms with Crippen LogP contribution in [0.4, 0.5) is 5.00 Å². The maximum atomic E-state index is 11.8. The predicted molar refractivity (Wildman–Crippen MR) is 71.6 cm³/mol. The normalized spacial score (nSPS) is 17.0. The number of aryl methyl sites for hydroxylation is 1. The molecule has 2 rings (SSSR count). The molecule has 1 fully saturated rings. The van der Waals surface area contributed by atoms with Crippen LogP contribution in [-0.4, -0.2) is 43.5 Å². The zero-order valence-electron chi connectivity index (χ0n) is 10.2. The van der Waals surface area contributed by atoms with Gasteiger partial charge in [-0.05, 0) is 23.9 Å². The van der Waals surface area contributed by atoms with Crippen molar-refractivity contribution in [2.24, 2.45) is 0 Å². The van der Waals surface area contributed by atoms with Crippen molar-refractivity contribution in [3.63, 3.8) is 0 Å². The third kappa shape index (κ3) is 3.80. The summed E-state index contributed by atoms with van der Waals surface area (Å²) in [6, 6.07) is 2.02. The Bertz CT molecular complexity index is 372. The van der Waals surface area contributed by atoms with E-state index in [1.54, 1.807) is 11.3 Å². The molecule has 0 radical (unpaired) electrons. The van der Waals surface area contributed by atoms with Gasteiger partial charge in [-0.15, -0.1) is 11.3 Å². The van der Waals surface area contributed by atoms with E-state index >= 15 is 0 Å². The van der Waals surface area contributed by atoms with Crippen molar-refractivity contribution in [2.75, 3.05) is 38.0 Å². The fourth-order valence-electron chi connectivity index (χ4n) is 1.88. The highest BCUT2D eigenvalue weighted by atomic mass is 32.1. The summed E-state index contributed by atoms with van der Waals surface area (Å²) >= 11 is 1.58. The molecule has 0 saturated carbocycles. The molecule has 2 N–H and O–H groups in total. The molecule has 0 bridgehead atoms. The first kappa shape index (κ1) is 12.5. The minimum absolute atomic E-state index is 0.120.